The van der Waals surface area contributed by atoms with Crippen molar-refractivity contribution >= 4 is 16.8 Å². The summed E-state index contributed by atoms with van der Waals surface area (Å²) in [5.74, 6) is 0.265. The van der Waals surface area contributed by atoms with Crippen molar-refractivity contribution in [3.63, 3.8) is 0 Å². The van der Waals surface area contributed by atoms with Gasteiger partial charge >= 0.3 is 0 Å². The number of ether oxygens (including phenoxy) is 1. The van der Waals surface area contributed by atoms with Gasteiger partial charge in [0.05, 0.1) is 0 Å². The standard InChI is InChI=1S/C19H16O5/c1-11(20)12(2)23-14-8-15(21)19-16(22)10-17(24-18(19)9-14)13-6-4-3-5-7-13/h3-10,12,21H,1-2H3. The Hall–Kier alpha value is -3.08. The number of Topliss-reactive ketones (excluding diaryl/α,β-unsaturated/α-hetero) is 1. The second-order valence-corrected chi connectivity index (χ2v) is 5.53. The molecule has 0 saturated heterocycles. The van der Waals surface area contributed by atoms with Gasteiger partial charge in [0.2, 0.25) is 0 Å². The van der Waals surface area contributed by atoms with Crippen molar-refractivity contribution in [3.8, 4) is 22.8 Å². The zero-order chi connectivity index (χ0) is 17.3. The molecule has 1 unspecified atom stereocenters. The topological polar surface area (TPSA) is 76.7 Å². The summed E-state index contributed by atoms with van der Waals surface area (Å²) < 4.78 is 11.2. The van der Waals surface area contributed by atoms with Gasteiger partial charge in [-0.05, 0) is 13.8 Å². The summed E-state index contributed by atoms with van der Waals surface area (Å²) in [5.41, 5.74) is 0.602. The number of carbonyl (C=O) groups excluding carboxylic acids is 1. The van der Waals surface area contributed by atoms with Crippen molar-refractivity contribution in [1.29, 1.82) is 0 Å². The van der Waals surface area contributed by atoms with Gasteiger partial charge in [0.1, 0.15) is 28.2 Å². The lowest BCUT2D eigenvalue weighted by atomic mass is 10.1. The minimum atomic E-state index is -0.661. The van der Waals surface area contributed by atoms with Crippen molar-refractivity contribution in [2.45, 2.75) is 20.0 Å². The lowest BCUT2D eigenvalue weighted by Crippen LogP contribution is -2.20. The number of hydrogen-bond acceptors (Lipinski definition) is 5. The Morgan fingerprint density at radius 3 is 2.54 bits per heavy atom. The number of benzene rings is 2. The maximum absolute atomic E-state index is 12.3. The molecule has 122 valence electrons. The number of phenols is 1. The van der Waals surface area contributed by atoms with Crippen LogP contribution >= 0.6 is 0 Å². The first-order valence-electron chi connectivity index (χ1n) is 7.49. The molecule has 0 aliphatic heterocycles. The minimum absolute atomic E-state index is 0.0810. The van der Waals surface area contributed by atoms with Gasteiger partial charge in [0.25, 0.3) is 0 Å². The molecule has 0 fully saturated rings. The molecule has 0 bridgehead atoms. The average Bonchev–Trinajstić information content (AvgIpc) is 2.54. The molecule has 1 N–H and O–H groups in total. The molecular weight excluding hydrogens is 308 g/mol. The van der Waals surface area contributed by atoms with E-state index < -0.39 is 6.10 Å². The summed E-state index contributed by atoms with van der Waals surface area (Å²) in [6.07, 6.45) is -0.661. The van der Waals surface area contributed by atoms with Gasteiger partial charge in [0, 0.05) is 23.8 Å². The molecular formula is C19H16O5. The van der Waals surface area contributed by atoms with E-state index in [-0.39, 0.29) is 33.7 Å². The van der Waals surface area contributed by atoms with Gasteiger partial charge in [-0.25, -0.2) is 0 Å². The average molecular weight is 324 g/mol. The summed E-state index contributed by atoms with van der Waals surface area (Å²) in [6.45, 7) is 3.03. The SMILES string of the molecule is CC(=O)C(C)Oc1cc(O)c2c(=O)cc(-c3ccccc3)oc2c1. The summed E-state index contributed by atoms with van der Waals surface area (Å²) in [6, 6.07) is 13.3. The first-order valence-corrected chi connectivity index (χ1v) is 7.49. The highest BCUT2D eigenvalue weighted by molar-refractivity contribution is 5.86. The molecule has 1 heterocycles. The molecule has 3 aromatic rings. The number of ketones is 1. The van der Waals surface area contributed by atoms with Crippen LogP contribution in [-0.4, -0.2) is 17.0 Å². The zero-order valence-electron chi connectivity index (χ0n) is 13.3. The van der Waals surface area contributed by atoms with Crippen LogP contribution in [0.4, 0.5) is 0 Å². The molecule has 24 heavy (non-hydrogen) atoms. The molecule has 5 heteroatoms. The number of hydrogen-bond donors (Lipinski definition) is 1. The molecule has 0 spiro atoms. The molecule has 2 aromatic carbocycles. The van der Waals surface area contributed by atoms with Crippen molar-refractivity contribution in [2.75, 3.05) is 0 Å². The van der Waals surface area contributed by atoms with Crippen LogP contribution in [0.3, 0.4) is 0 Å². The Balaban J connectivity index is 2.14. The van der Waals surface area contributed by atoms with Crippen molar-refractivity contribution in [1.82, 2.24) is 0 Å². The van der Waals surface area contributed by atoms with E-state index >= 15 is 0 Å². The van der Waals surface area contributed by atoms with Gasteiger partial charge in [-0.1, -0.05) is 30.3 Å². The lowest BCUT2D eigenvalue weighted by Gasteiger charge is -2.13. The van der Waals surface area contributed by atoms with Crippen LogP contribution < -0.4 is 10.2 Å². The maximum Gasteiger partial charge on any atom is 0.197 e. The van der Waals surface area contributed by atoms with Gasteiger partial charge in [-0.3, -0.25) is 9.59 Å². The number of rotatable bonds is 4. The molecule has 5 nitrogen and oxygen atoms in total. The third-order valence-corrected chi connectivity index (χ3v) is 3.73. The molecule has 0 saturated carbocycles. The predicted molar refractivity (Wildman–Crippen MR) is 90.4 cm³/mol. The summed E-state index contributed by atoms with van der Waals surface area (Å²) in [4.78, 5) is 23.6. The first-order chi connectivity index (χ1) is 11.5. The molecule has 3 rings (SSSR count). The highest BCUT2D eigenvalue weighted by atomic mass is 16.5. The third-order valence-electron chi connectivity index (χ3n) is 3.73. The third kappa shape index (κ3) is 3.01. The van der Waals surface area contributed by atoms with E-state index in [9.17, 15) is 14.7 Å². The predicted octanol–water partition coefficient (Wildman–Crippen LogP) is 3.52. The Morgan fingerprint density at radius 1 is 1.17 bits per heavy atom. The highest BCUT2D eigenvalue weighted by Gasteiger charge is 2.15. The van der Waals surface area contributed by atoms with E-state index in [1.807, 2.05) is 30.3 Å². The zero-order valence-corrected chi connectivity index (χ0v) is 13.3. The highest BCUT2D eigenvalue weighted by Crippen LogP contribution is 2.31. The van der Waals surface area contributed by atoms with Crippen LogP contribution in [0.5, 0.6) is 11.5 Å². The second kappa shape index (κ2) is 6.20. The minimum Gasteiger partial charge on any atom is -0.507 e. The summed E-state index contributed by atoms with van der Waals surface area (Å²) >= 11 is 0. The molecule has 0 radical (unpaired) electrons. The first kappa shape index (κ1) is 15.8. The van der Waals surface area contributed by atoms with Crippen LogP contribution in [0.1, 0.15) is 13.8 Å². The largest absolute Gasteiger partial charge is 0.507 e. The molecule has 1 aromatic heterocycles. The lowest BCUT2D eigenvalue weighted by molar-refractivity contribution is -0.122. The van der Waals surface area contributed by atoms with Gasteiger partial charge in [-0.2, -0.15) is 0 Å². The van der Waals surface area contributed by atoms with E-state index in [0.29, 0.717) is 5.76 Å². The van der Waals surface area contributed by atoms with Crippen LogP contribution in [0.25, 0.3) is 22.3 Å². The second-order valence-electron chi connectivity index (χ2n) is 5.53. The van der Waals surface area contributed by atoms with Gasteiger partial charge in [-0.15, -0.1) is 0 Å². The van der Waals surface area contributed by atoms with Crippen LogP contribution in [-0.2, 0) is 4.79 Å². The molecule has 0 aliphatic carbocycles. The Bertz CT molecular complexity index is 957. The fraction of sp³-hybridized carbons (Fsp3) is 0.158. The van der Waals surface area contributed by atoms with Crippen molar-refractivity contribution < 1.29 is 19.1 Å². The van der Waals surface area contributed by atoms with Gasteiger partial charge in [0.15, 0.2) is 17.3 Å². The van der Waals surface area contributed by atoms with Crippen molar-refractivity contribution in [2.24, 2.45) is 0 Å². The fourth-order valence-electron chi connectivity index (χ4n) is 2.34. The maximum atomic E-state index is 12.3. The normalized spacial score (nSPS) is 12.1. The monoisotopic (exact) mass is 324 g/mol. The number of phenolic OH excluding ortho intramolecular Hbond substituents is 1. The van der Waals surface area contributed by atoms with Crippen LogP contribution in [0.15, 0.2) is 57.7 Å². The number of fused-ring (bicyclic) bond motifs is 1. The van der Waals surface area contributed by atoms with E-state index in [2.05, 4.69) is 0 Å². The van der Waals surface area contributed by atoms with Crippen LogP contribution in [0.2, 0.25) is 0 Å². The fourth-order valence-corrected chi connectivity index (χ4v) is 2.34. The molecule has 0 aliphatic rings. The molecule has 0 amide bonds. The summed E-state index contributed by atoms with van der Waals surface area (Å²) in [7, 11) is 0. The van der Waals surface area contributed by atoms with E-state index in [1.54, 1.807) is 6.92 Å². The van der Waals surface area contributed by atoms with E-state index in [0.717, 1.165) is 5.56 Å². The number of carbonyl (C=O) groups is 1. The van der Waals surface area contributed by atoms with E-state index in [4.69, 9.17) is 9.15 Å². The number of aromatic hydroxyl groups is 1. The quantitative estimate of drug-likeness (QED) is 0.794. The van der Waals surface area contributed by atoms with Gasteiger partial charge < -0.3 is 14.3 Å². The summed E-state index contributed by atoms with van der Waals surface area (Å²) in [5, 5.41) is 10.2. The Kier molecular flexibility index (Phi) is 4.08. The Labute approximate surface area is 138 Å². The Morgan fingerprint density at radius 2 is 1.88 bits per heavy atom. The van der Waals surface area contributed by atoms with Crippen LogP contribution in [0, 0.1) is 0 Å². The smallest absolute Gasteiger partial charge is 0.197 e. The van der Waals surface area contributed by atoms with E-state index in [1.165, 1.54) is 25.1 Å². The molecule has 1 atom stereocenters. The van der Waals surface area contributed by atoms with Crippen molar-refractivity contribution in [3.05, 3.63) is 58.8 Å².